The molecule has 2 aliphatic heterocycles. The van der Waals surface area contributed by atoms with Gasteiger partial charge in [-0.25, -0.2) is 4.98 Å². The normalized spacial score (nSPS) is 19.4. The SMILES string of the molecule is CCC1C(=O)N2CCc3cc(-c4nc(N)sc4C)cc1c32. The maximum absolute atomic E-state index is 12.5. The molecule has 21 heavy (non-hydrogen) atoms. The van der Waals surface area contributed by atoms with E-state index in [0.717, 1.165) is 41.2 Å². The van der Waals surface area contributed by atoms with Crippen molar-refractivity contribution in [3.05, 3.63) is 28.1 Å². The lowest BCUT2D eigenvalue weighted by Gasteiger charge is -2.10. The lowest BCUT2D eigenvalue weighted by Crippen LogP contribution is -2.27. The molecule has 0 spiro atoms. The number of carbonyl (C=O) groups is 1. The van der Waals surface area contributed by atoms with Crippen LogP contribution in [0.3, 0.4) is 0 Å². The van der Waals surface area contributed by atoms with E-state index in [0.29, 0.717) is 5.13 Å². The van der Waals surface area contributed by atoms with Crippen LogP contribution in [0.4, 0.5) is 10.8 Å². The Morgan fingerprint density at radius 3 is 2.95 bits per heavy atom. The maximum atomic E-state index is 12.5. The number of amides is 1. The van der Waals surface area contributed by atoms with Crippen molar-refractivity contribution in [1.82, 2.24) is 4.98 Å². The number of hydrogen-bond donors (Lipinski definition) is 1. The topological polar surface area (TPSA) is 59.2 Å². The van der Waals surface area contributed by atoms with Crippen LogP contribution in [0, 0.1) is 6.92 Å². The molecule has 0 aliphatic carbocycles. The summed E-state index contributed by atoms with van der Waals surface area (Å²) >= 11 is 1.52. The summed E-state index contributed by atoms with van der Waals surface area (Å²) in [6.07, 6.45) is 1.79. The molecule has 1 amide bonds. The van der Waals surface area contributed by atoms with Crippen molar-refractivity contribution < 1.29 is 4.79 Å². The monoisotopic (exact) mass is 299 g/mol. The standard InChI is InChI=1S/C16H17N3OS/c1-3-11-12-7-10(13-8(2)21-16(17)18-13)6-9-4-5-19(14(9)12)15(11)20/h6-7,11H,3-5H2,1-2H3,(H2,17,18). The molecule has 2 aromatic rings. The molecule has 2 aliphatic rings. The van der Waals surface area contributed by atoms with Gasteiger partial charge in [0.1, 0.15) is 0 Å². The first-order valence-electron chi connectivity index (χ1n) is 7.31. The third-order valence-electron chi connectivity index (χ3n) is 4.53. The highest BCUT2D eigenvalue weighted by Crippen LogP contribution is 2.47. The maximum Gasteiger partial charge on any atom is 0.234 e. The predicted octanol–water partition coefficient (Wildman–Crippen LogP) is 3.10. The molecule has 0 radical (unpaired) electrons. The average molecular weight is 299 g/mol. The van der Waals surface area contributed by atoms with Crippen LogP contribution in [0.25, 0.3) is 11.3 Å². The number of aromatic nitrogens is 1. The fourth-order valence-corrected chi connectivity index (χ4v) is 4.32. The summed E-state index contributed by atoms with van der Waals surface area (Å²) in [5.41, 5.74) is 11.5. The number of benzene rings is 1. The summed E-state index contributed by atoms with van der Waals surface area (Å²) in [6.45, 7) is 4.94. The van der Waals surface area contributed by atoms with E-state index in [4.69, 9.17) is 5.73 Å². The Balaban J connectivity index is 1.93. The van der Waals surface area contributed by atoms with Gasteiger partial charge in [0.25, 0.3) is 0 Å². The van der Waals surface area contributed by atoms with Gasteiger partial charge < -0.3 is 10.6 Å². The van der Waals surface area contributed by atoms with Crippen molar-refractivity contribution in [3.8, 4) is 11.3 Å². The molecule has 108 valence electrons. The molecule has 2 N–H and O–H groups in total. The lowest BCUT2D eigenvalue weighted by molar-refractivity contribution is -0.119. The predicted molar refractivity (Wildman–Crippen MR) is 85.8 cm³/mol. The second-order valence-corrected chi connectivity index (χ2v) is 6.97. The van der Waals surface area contributed by atoms with E-state index < -0.39 is 0 Å². The van der Waals surface area contributed by atoms with Gasteiger partial charge in [-0.1, -0.05) is 6.92 Å². The zero-order valence-electron chi connectivity index (χ0n) is 12.1. The van der Waals surface area contributed by atoms with Crippen LogP contribution in [-0.2, 0) is 11.2 Å². The first-order chi connectivity index (χ1) is 10.1. The minimum absolute atomic E-state index is 0.00953. The van der Waals surface area contributed by atoms with Crippen LogP contribution >= 0.6 is 11.3 Å². The van der Waals surface area contributed by atoms with Gasteiger partial charge >= 0.3 is 0 Å². The summed E-state index contributed by atoms with van der Waals surface area (Å²) in [5, 5.41) is 0.601. The molecule has 0 saturated heterocycles. The number of thiazole rings is 1. The molecule has 0 saturated carbocycles. The van der Waals surface area contributed by atoms with E-state index in [-0.39, 0.29) is 11.8 Å². The first kappa shape index (κ1) is 12.8. The fourth-order valence-electron chi connectivity index (χ4n) is 3.61. The Kier molecular flexibility index (Phi) is 2.63. The van der Waals surface area contributed by atoms with E-state index in [1.807, 2.05) is 11.8 Å². The van der Waals surface area contributed by atoms with E-state index >= 15 is 0 Å². The zero-order chi connectivity index (χ0) is 14.7. The van der Waals surface area contributed by atoms with E-state index in [2.05, 4.69) is 24.0 Å². The van der Waals surface area contributed by atoms with Crippen LogP contribution in [0.15, 0.2) is 12.1 Å². The molecule has 1 aromatic carbocycles. The molecule has 1 unspecified atom stereocenters. The van der Waals surface area contributed by atoms with Gasteiger partial charge in [-0.05, 0) is 43.0 Å². The second kappa shape index (κ2) is 4.31. The molecular weight excluding hydrogens is 282 g/mol. The van der Waals surface area contributed by atoms with Crippen LogP contribution in [0.1, 0.15) is 35.3 Å². The number of anilines is 2. The second-order valence-electron chi connectivity index (χ2n) is 5.73. The van der Waals surface area contributed by atoms with Crippen LogP contribution in [0.2, 0.25) is 0 Å². The van der Waals surface area contributed by atoms with Crippen LogP contribution in [0.5, 0.6) is 0 Å². The van der Waals surface area contributed by atoms with E-state index in [9.17, 15) is 4.79 Å². The van der Waals surface area contributed by atoms with Crippen molar-refractivity contribution in [1.29, 1.82) is 0 Å². The van der Waals surface area contributed by atoms with Gasteiger partial charge in [0.2, 0.25) is 5.91 Å². The summed E-state index contributed by atoms with van der Waals surface area (Å²) in [7, 11) is 0. The molecular formula is C16H17N3OS. The number of carbonyl (C=O) groups excluding carboxylic acids is 1. The molecule has 0 fully saturated rings. The quantitative estimate of drug-likeness (QED) is 0.927. The Labute approximate surface area is 127 Å². The van der Waals surface area contributed by atoms with Gasteiger partial charge in [-0.15, -0.1) is 11.3 Å². The third-order valence-corrected chi connectivity index (χ3v) is 5.33. The van der Waals surface area contributed by atoms with Crippen molar-refractivity contribution in [2.45, 2.75) is 32.6 Å². The van der Waals surface area contributed by atoms with Gasteiger partial charge in [0, 0.05) is 17.0 Å². The molecule has 0 bridgehead atoms. The van der Waals surface area contributed by atoms with Crippen molar-refractivity contribution in [2.75, 3.05) is 17.2 Å². The fraction of sp³-hybridized carbons (Fsp3) is 0.375. The molecule has 1 aromatic heterocycles. The van der Waals surface area contributed by atoms with E-state index in [1.54, 1.807) is 0 Å². The zero-order valence-corrected chi connectivity index (χ0v) is 13.0. The van der Waals surface area contributed by atoms with Gasteiger partial charge in [0.05, 0.1) is 17.3 Å². The highest BCUT2D eigenvalue weighted by Gasteiger charge is 2.40. The number of hydrogen-bond acceptors (Lipinski definition) is 4. The minimum atomic E-state index is 0.00953. The Morgan fingerprint density at radius 1 is 1.48 bits per heavy atom. The summed E-state index contributed by atoms with van der Waals surface area (Å²) in [6, 6.07) is 4.34. The summed E-state index contributed by atoms with van der Waals surface area (Å²) < 4.78 is 0. The molecule has 1 atom stereocenters. The summed E-state index contributed by atoms with van der Waals surface area (Å²) in [4.78, 5) is 20.0. The smallest absolute Gasteiger partial charge is 0.234 e. The third kappa shape index (κ3) is 1.67. The number of rotatable bonds is 2. The Morgan fingerprint density at radius 2 is 2.29 bits per heavy atom. The first-order valence-corrected chi connectivity index (χ1v) is 8.13. The Hall–Kier alpha value is -1.88. The van der Waals surface area contributed by atoms with Crippen molar-refractivity contribution >= 4 is 28.1 Å². The molecule has 5 heteroatoms. The highest BCUT2D eigenvalue weighted by molar-refractivity contribution is 7.15. The van der Waals surface area contributed by atoms with Crippen LogP contribution in [-0.4, -0.2) is 17.4 Å². The molecule has 3 heterocycles. The molecule has 4 rings (SSSR count). The number of nitrogens with zero attached hydrogens (tertiary/aromatic N) is 2. The summed E-state index contributed by atoms with van der Waals surface area (Å²) in [5.74, 6) is 0.271. The van der Waals surface area contributed by atoms with E-state index in [1.165, 1.54) is 22.5 Å². The van der Waals surface area contributed by atoms with Crippen LogP contribution < -0.4 is 10.6 Å². The largest absolute Gasteiger partial charge is 0.375 e. The van der Waals surface area contributed by atoms with Gasteiger partial charge in [0.15, 0.2) is 5.13 Å². The van der Waals surface area contributed by atoms with Crippen molar-refractivity contribution in [2.24, 2.45) is 0 Å². The number of aryl methyl sites for hydroxylation is 1. The van der Waals surface area contributed by atoms with Gasteiger partial charge in [-0.3, -0.25) is 4.79 Å². The average Bonchev–Trinajstić information content (AvgIpc) is 3.09. The lowest BCUT2D eigenvalue weighted by atomic mass is 9.92. The number of nitrogens with two attached hydrogens (primary N) is 1. The minimum Gasteiger partial charge on any atom is -0.375 e. The van der Waals surface area contributed by atoms with Gasteiger partial charge in [-0.2, -0.15) is 0 Å². The molecule has 4 nitrogen and oxygen atoms in total. The van der Waals surface area contributed by atoms with Crippen molar-refractivity contribution in [3.63, 3.8) is 0 Å². The highest BCUT2D eigenvalue weighted by atomic mass is 32.1. The Bertz CT molecular complexity index is 765. The number of nitrogen functional groups attached to an aromatic ring is 1.